The lowest BCUT2D eigenvalue weighted by Crippen LogP contribution is -2.43. The zero-order chi connectivity index (χ0) is 23.8. The van der Waals surface area contributed by atoms with Gasteiger partial charge in [0.1, 0.15) is 11.5 Å². The van der Waals surface area contributed by atoms with Crippen molar-refractivity contribution in [3.8, 4) is 11.5 Å². The minimum atomic E-state index is -0.793. The molecule has 2 heterocycles. The molecule has 5 rings (SSSR count). The van der Waals surface area contributed by atoms with E-state index < -0.39 is 17.2 Å². The summed E-state index contributed by atoms with van der Waals surface area (Å²) in [6, 6.07) is 17.2. The first kappa shape index (κ1) is 22.1. The summed E-state index contributed by atoms with van der Waals surface area (Å²) < 4.78 is 7.07. The van der Waals surface area contributed by atoms with E-state index in [4.69, 9.17) is 27.9 Å². The second-order valence-corrected chi connectivity index (χ2v) is 8.58. The number of benzene rings is 3. The predicted molar refractivity (Wildman–Crippen MR) is 133 cm³/mol. The highest BCUT2D eigenvalue weighted by Crippen LogP contribution is 2.39. The second kappa shape index (κ2) is 8.89. The number of H-pyrrole nitrogens is 1. The van der Waals surface area contributed by atoms with E-state index in [-0.39, 0.29) is 28.9 Å². The molecule has 0 fully saturated rings. The number of halogens is 2. The van der Waals surface area contributed by atoms with Crippen LogP contribution in [0, 0.1) is 0 Å². The van der Waals surface area contributed by atoms with Gasteiger partial charge in [0.25, 0.3) is 0 Å². The topological polar surface area (TPSA) is 105 Å². The number of hydrogen-bond acceptors (Lipinski definition) is 5. The summed E-state index contributed by atoms with van der Waals surface area (Å²) in [6.45, 7) is 0.225. The zero-order valence-electron chi connectivity index (χ0n) is 17.6. The lowest BCUT2D eigenvalue weighted by molar-refractivity contribution is -0.116. The number of carbonyl (C=O) groups excluding carboxylic acids is 1. The van der Waals surface area contributed by atoms with Crippen LogP contribution in [-0.4, -0.2) is 22.0 Å². The average Bonchev–Trinajstić information content (AvgIpc) is 2.83. The smallest absolute Gasteiger partial charge is 0.317 e. The van der Waals surface area contributed by atoms with Crippen molar-refractivity contribution in [1.29, 1.82) is 0 Å². The number of aromatic amines is 1. The first-order valence-electron chi connectivity index (χ1n) is 10.4. The highest BCUT2D eigenvalue weighted by molar-refractivity contribution is 6.45. The number of rotatable bonds is 5. The normalized spacial score (nSPS) is 14.5. The largest absolute Gasteiger partial charge is 0.457 e. The number of para-hydroxylation sites is 1. The maximum absolute atomic E-state index is 12.8. The number of ether oxygens (including phenoxy) is 1. The van der Waals surface area contributed by atoms with Crippen LogP contribution >= 0.6 is 23.2 Å². The summed E-state index contributed by atoms with van der Waals surface area (Å²) >= 11 is 12.5. The molecule has 0 radical (unpaired) electrons. The molecule has 0 aliphatic carbocycles. The molecule has 1 aromatic heterocycles. The number of carbonyl (C=O) groups is 1. The summed E-state index contributed by atoms with van der Waals surface area (Å²) in [5.74, 6) is 1.03. The summed E-state index contributed by atoms with van der Waals surface area (Å²) in [5, 5.41) is 6.45. The van der Waals surface area contributed by atoms with Gasteiger partial charge in [-0.1, -0.05) is 41.4 Å². The predicted octanol–water partition coefficient (Wildman–Crippen LogP) is 4.78. The Balaban J connectivity index is 1.36. The molecule has 3 aromatic carbocycles. The van der Waals surface area contributed by atoms with E-state index in [1.807, 2.05) is 30.3 Å². The van der Waals surface area contributed by atoms with Gasteiger partial charge in [0, 0.05) is 18.7 Å². The molecular weight excluding hydrogens is 479 g/mol. The van der Waals surface area contributed by atoms with Crippen molar-refractivity contribution in [2.24, 2.45) is 0 Å². The van der Waals surface area contributed by atoms with Gasteiger partial charge in [-0.15, -0.1) is 0 Å². The summed E-state index contributed by atoms with van der Waals surface area (Å²) in [7, 11) is 0. The van der Waals surface area contributed by atoms with Gasteiger partial charge >= 0.3 is 11.1 Å². The van der Waals surface area contributed by atoms with E-state index in [1.165, 1.54) is 10.6 Å². The number of anilines is 2. The molecule has 1 unspecified atom stereocenters. The summed E-state index contributed by atoms with van der Waals surface area (Å²) in [5.41, 5.74) is 0.245. The highest BCUT2D eigenvalue weighted by atomic mass is 35.5. The Morgan fingerprint density at radius 1 is 1.06 bits per heavy atom. The molecular formula is C24H18Cl2N4O4. The van der Waals surface area contributed by atoms with Crippen LogP contribution in [0.15, 0.2) is 70.3 Å². The van der Waals surface area contributed by atoms with E-state index in [1.54, 1.807) is 24.3 Å². The van der Waals surface area contributed by atoms with Crippen LogP contribution < -0.4 is 26.5 Å². The lowest BCUT2D eigenvalue weighted by atomic mass is 10.1. The van der Waals surface area contributed by atoms with Crippen LogP contribution in [-0.2, 0) is 4.79 Å². The fraction of sp³-hybridized carbons (Fsp3) is 0.125. The number of nitrogens with zero attached hydrogens (tertiary/aromatic N) is 1. The van der Waals surface area contributed by atoms with Crippen LogP contribution in [0.1, 0.15) is 12.5 Å². The molecule has 34 heavy (non-hydrogen) atoms. The molecule has 0 saturated carbocycles. The fourth-order valence-corrected chi connectivity index (χ4v) is 4.40. The number of hydrogen-bond donors (Lipinski definition) is 3. The van der Waals surface area contributed by atoms with E-state index in [2.05, 4.69) is 15.6 Å². The summed E-state index contributed by atoms with van der Waals surface area (Å²) in [4.78, 5) is 40.2. The quantitative estimate of drug-likeness (QED) is 0.344. The zero-order valence-corrected chi connectivity index (χ0v) is 19.1. The van der Waals surface area contributed by atoms with Crippen LogP contribution in [0.5, 0.6) is 11.5 Å². The highest BCUT2D eigenvalue weighted by Gasteiger charge is 2.28. The van der Waals surface area contributed by atoms with Gasteiger partial charge in [-0.05, 0) is 42.5 Å². The van der Waals surface area contributed by atoms with Crippen LogP contribution in [0.25, 0.3) is 11.0 Å². The van der Waals surface area contributed by atoms with Crippen molar-refractivity contribution in [2.75, 3.05) is 17.2 Å². The van der Waals surface area contributed by atoms with Crippen molar-refractivity contribution < 1.29 is 9.53 Å². The van der Waals surface area contributed by atoms with Gasteiger partial charge in [-0.3, -0.25) is 19.0 Å². The average molecular weight is 497 g/mol. The Kier molecular flexibility index (Phi) is 5.77. The molecule has 8 nitrogen and oxygen atoms in total. The van der Waals surface area contributed by atoms with Gasteiger partial charge in [-0.25, -0.2) is 0 Å². The van der Waals surface area contributed by atoms with Crippen molar-refractivity contribution in [2.45, 2.75) is 12.5 Å². The van der Waals surface area contributed by atoms with Gasteiger partial charge < -0.3 is 20.4 Å². The molecule has 4 aromatic rings. The third-order valence-electron chi connectivity index (χ3n) is 5.51. The third kappa shape index (κ3) is 4.13. The van der Waals surface area contributed by atoms with E-state index >= 15 is 0 Å². The molecule has 172 valence electrons. The van der Waals surface area contributed by atoms with E-state index in [0.717, 1.165) is 0 Å². The molecule has 1 atom stereocenters. The monoisotopic (exact) mass is 496 g/mol. The lowest BCUT2D eigenvalue weighted by Gasteiger charge is -2.29. The number of aromatic nitrogens is 2. The maximum Gasteiger partial charge on any atom is 0.317 e. The Hall–Kier alpha value is -3.75. The first-order valence-corrected chi connectivity index (χ1v) is 11.2. The first-order chi connectivity index (χ1) is 16.4. The fourth-order valence-electron chi connectivity index (χ4n) is 3.99. The molecule has 10 heteroatoms. The molecule has 1 amide bonds. The Labute approximate surface area is 203 Å². The van der Waals surface area contributed by atoms with Crippen LogP contribution in [0.2, 0.25) is 10.0 Å². The standard InChI is InChI=1S/C24H18Cl2N4O4/c25-17-11-18-22-21(20(17)26)27-12-14(30(22)24(33)23(32)29-18)10-19(31)28-13-6-8-16(9-7-13)34-15-4-2-1-3-5-15/h1-9,11,14,27H,10,12H2,(H,28,31)(H,29,32). The number of nitrogens with one attached hydrogen (secondary N) is 3. The third-order valence-corrected chi connectivity index (χ3v) is 6.30. The minimum absolute atomic E-state index is 0.0343. The van der Waals surface area contributed by atoms with Crippen LogP contribution in [0.3, 0.4) is 0 Å². The number of amides is 1. The van der Waals surface area contributed by atoms with Crippen molar-refractivity contribution in [3.63, 3.8) is 0 Å². The Morgan fingerprint density at radius 3 is 2.50 bits per heavy atom. The Morgan fingerprint density at radius 2 is 1.76 bits per heavy atom. The molecule has 0 spiro atoms. The molecule has 0 saturated heterocycles. The molecule has 1 aliphatic heterocycles. The molecule has 0 bridgehead atoms. The van der Waals surface area contributed by atoms with Crippen LogP contribution in [0.4, 0.5) is 11.4 Å². The van der Waals surface area contributed by atoms with Gasteiger partial charge in [-0.2, -0.15) is 0 Å². The Bertz CT molecular complexity index is 1520. The molecule has 3 N–H and O–H groups in total. The van der Waals surface area contributed by atoms with Crippen molar-refractivity contribution in [3.05, 3.63) is 91.4 Å². The van der Waals surface area contributed by atoms with Gasteiger partial charge in [0.15, 0.2) is 0 Å². The molecule has 1 aliphatic rings. The van der Waals surface area contributed by atoms with Gasteiger partial charge in [0.2, 0.25) is 5.91 Å². The van der Waals surface area contributed by atoms with Gasteiger partial charge in [0.05, 0.1) is 32.8 Å². The SMILES string of the molecule is O=C(CC1CNc2c(Cl)c(Cl)cc3[nH]c(=O)c(=O)n1c23)Nc1ccc(Oc2ccccc2)cc1. The summed E-state index contributed by atoms with van der Waals surface area (Å²) in [6.07, 6.45) is -0.0343. The maximum atomic E-state index is 12.8. The second-order valence-electron chi connectivity index (χ2n) is 7.80. The van der Waals surface area contributed by atoms with Crippen molar-refractivity contribution in [1.82, 2.24) is 9.55 Å². The van der Waals surface area contributed by atoms with Crippen molar-refractivity contribution >= 4 is 51.5 Å². The van der Waals surface area contributed by atoms with E-state index in [9.17, 15) is 14.4 Å². The minimum Gasteiger partial charge on any atom is -0.457 e. The van der Waals surface area contributed by atoms with E-state index in [0.29, 0.717) is 33.9 Å².